The van der Waals surface area contributed by atoms with Gasteiger partial charge in [0.2, 0.25) is 5.91 Å². The molecule has 1 heterocycles. The van der Waals surface area contributed by atoms with Crippen LogP contribution in [0, 0.1) is 17.6 Å². The maximum atomic E-state index is 13.2. The minimum Gasteiger partial charge on any atom is -0.341 e. The molecule has 1 saturated carbocycles. The Balaban J connectivity index is 0.00000161. The van der Waals surface area contributed by atoms with Crippen LogP contribution in [-0.2, 0) is 4.79 Å². The normalized spacial score (nSPS) is 28.0. The van der Waals surface area contributed by atoms with E-state index < -0.39 is 11.6 Å². The fourth-order valence-electron chi connectivity index (χ4n) is 3.02. The molecule has 2 aliphatic rings. The van der Waals surface area contributed by atoms with Gasteiger partial charge in [-0.1, -0.05) is 6.07 Å². The van der Waals surface area contributed by atoms with E-state index in [1.807, 2.05) is 4.90 Å². The minimum atomic E-state index is -0.848. The van der Waals surface area contributed by atoms with Crippen molar-refractivity contribution in [2.75, 3.05) is 13.1 Å². The predicted octanol–water partition coefficient (Wildman–Crippen LogP) is 2.44. The first-order chi connectivity index (χ1) is 9.56. The third kappa shape index (κ3) is 3.35. The van der Waals surface area contributed by atoms with Gasteiger partial charge in [0.25, 0.3) is 0 Å². The van der Waals surface area contributed by atoms with Crippen molar-refractivity contribution < 1.29 is 13.6 Å². The van der Waals surface area contributed by atoms with Crippen LogP contribution in [0.15, 0.2) is 18.2 Å². The van der Waals surface area contributed by atoms with E-state index in [4.69, 9.17) is 5.73 Å². The SMILES string of the molecule is Cl.NC1CCCN(C(=O)C2CC2c2ccc(F)c(F)c2)C1. The summed E-state index contributed by atoms with van der Waals surface area (Å²) in [5.41, 5.74) is 6.59. The van der Waals surface area contributed by atoms with Crippen molar-refractivity contribution in [3.63, 3.8) is 0 Å². The Morgan fingerprint density at radius 3 is 2.71 bits per heavy atom. The molecular formula is C15H19ClF2N2O. The average Bonchev–Trinajstić information content (AvgIpc) is 3.21. The number of likely N-dealkylation sites (tertiary alicyclic amines) is 1. The van der Waals surface area contributed by atoms with Gasteiger partial charge in [-0.25, -0.2) is 8.78 Å². The third-order valence-corrected chi connectivity index (χ3v) is 4.25. The highest BCUT2D eigenvalue weighted by Gasteiger charge is 2.46. The fourth-order valence-corrected chi connectivity index (χ4v) is 3.02. The summed E-state index contributed by atoms with van der Waals surface area (Å²) in [4.78, 5) is 14.2. The number of benzene rings is 1. The molecule has 2 fully saturated rings. The second kappa shape index (κ2) is 6.28. The molecule has 3 unspecified atom stereocenters. The van der Waals surface area contributed by atoms with Crippen LogP contribution in [0.5, 0.6) is 0 Å². The molecule has 0 spiro atoms. The zero-order valence-corrected chi connectivity index (χ0v) is 12.4. The second-order valence-electron chi connectivity index (χ2n) is 5.81. The lowest BCUT2D eigenvalue weighted by molar-refractivity contribution is -0.133. The standard InChI is InChI=1S/C15H18F2N2O.ClH/c16-13-4-3-9(6-14(13)17)11-7-12(11)15(20)19-5-1-2-10(18)8-19;/h3-4,6,10-12H,1-2,5,7-8,18H2;1H. The number of nitrogens with zero attached hydrogens (tertiary/aromatic N) is 1. The highest BCUT2D eigenvalue weighted by molar-refractivity contribution is 5.85. The van der Waals surface area contributed by atoms with E-state index in [0.29, 0.717) is 12.1 Å². The van der Waals surface area contributed by atoms with Crippen LogP contribution in [-0.4, -0.2) is 29.9 Å². The Morgan fingerprint density at radius 2 is 2.05 bits per heavy atom. The lowest BCUT2D eigenvalue weighted by atomic mass is 10.0. The van der Waals surface area contributed by atoms with Crippen molar-refractivity contribution in [3.05, 3.63) is 35.4 Å². The number of nitrogens with two attached hydrogens (primary N) is 1. The van der Waals surface area contributed by atoms with Crippen LogP contribution < -0.4 is 5.73 Å². The maximum absolute atomic E-state index is 13.2. The molecule has 1 saturated heterocycles. The molecule has 3 rings (SSSR count). The van der Waals surface area contributed by atoms with E-state index >= 15 is 0 Å². The van der Waals surface area contributed by atoms with E-state index in [9.17, 15) is 13.6 Å². The molecule has 3 nitrogen and oxygen atoms in total. The van der Waals surface area contributed by atoms with Gasteiger partial charge in [0.15, 0.2) is 11.6 Å². The molecule has 0 aromatic heterocycles. The van der Waals surface area contributed by atoms with Crippen molar-refractivity contribution in [3.8, 4) is 0 Å². The molecule has 1 aromatic carbocycles. The van der Waals surface area contributed by atoms with Gasteiger partial charge in [-0.15, -0.1) is 12.4 Å². The Kier molecular flexibility index (Phi) is 4.84. The first kappa shape index (κ1) is 16.2. The van der Waals surface area contributed by atoms with Crippen LogP contribution >= 0.6 is 12.4 Å². The van der Waals surface area contributed by atoms with Crippen molar-refractivity contribution in [2.24, 2.45) is 11.7 Å². The first-order valence-corrected chi connectivity index (χ1v) is 7.05. The Bertz CT molecular complexity index is 540. The number of carbonyl (C=O) groups excluding carboxylic acids is 1. The van der Waals surface area contributed by atoms with E-state index in [0.717, 1.165) is 31.9 Å². The number of amides is 1. The summed E-state index contributed by atoms with van der Waals surface area (Å²) < 4.78 is 26.1. The van der Waals surface area contributed by atoms with E-state index in [-0.39, 0.29) is 36.2 Å². The molecule has 1 aliphatic carbocycles. The summed E-state index contributed by atoms with van der Waals surface area (Å²) in [6, 6.07) is 3.96. The molecule has 3 atom stereocenters. The smallest absolute Gasteiger partial charge is 0.226 e. The largest absolute Gasteiger partial charge is 0.341 e. The summed E-state index contributed by atoms with van der Waals surface area (Å²) >= 11 is 0. The van der Waals surface area contributed by atoms with Crippen LogP contribution in [0.1, 0.15) is 30.7 Å². The third-order valence-electron chi connectivity index (χ3n) is 4.25. The number of piperidine rings is 1. The van der Waals surface area contributed by atoms with Crippen molar-refractivity contribution in [1.82, 2.24) is 4.90 Å². The molecule has 116 valence electrons. The summed E-state index contributed by atoms with van der Waals surface area (Å²) in [5, 5.41) is 0. The summed E-state index contributed by atoms with van der Waals surface area (Å²) in [7, 11) is 0. The fraction of sp³-hybridized carbons (Fsp3) is 0.533. The number of rotatable bonds is 2. The lowest BCUT2D eigenvalue weighted by Crippen LogP contribution is -2.46. The molecular weight excluding hydrogens is 298 g/mol. The molecule has 1 aromatic rings. The van der Waals surface area contributed by atoms with Gasteiger partial charge in [-0.3, -0.25) is 4.79 Å². The van der Waals surface area contributed by atoms with Gasteiger partial charge in [0.05, 0.1) is 0 Å². The monoisotopic (exact) mass is 316 g/mol. The lowest BCUT2D eigenvalue weighted by Gasteiger charge is -2.31. The maximum Gasteiger partial charge on any atom is 0.226 e. The Labute approximate surface area is 128 Å². The van der Waals surface area contributed by atoms with Crippen molar-refractivity contribution in [1.29, 1.82) is 0 Å². The van der Waals surface area contributed by atoms with Gasteiger partial charge in [-0.05, 0) is 42.9 Å². The average molecular weight is 317 g/mol. The topological polar surface area (TPSA) is 46.3 Å². The van der Waals surface area contributed by atoms with Crippen LogP contribution in [0.3, 0.4) is 0 Å². The zero-order chi connectivity index (χ0) is 14.3. The molecule has 0 radical (unpaired) electrons. The van der Waals surface area contributed by atoms with Gasteiger partial charge in [-0.2, -0.15) is 0 Å². The highest BCUT2D eigenvalue weighted by Crippen LogP contribution is 2.48. The minimum absolute atomic E-state index is 0. The van der Waals surface area contributed by atoms with E-state index in [2.05, 4.69) is 0 Å². The molecule has 6 heteroatoms. The second-order valence-corrected chi connectivity index (χ2v) is 5.81. The summed E-state index contributed by atoms with van der Waals surface area (Å²) in [5.74, 6) is -1.66. The summed E-state index contributed by atoms with van der Waals surface area (Å²) in [6.07, 6.45) is 2.62. The van der Waals surface area contributed by atoms with Crippen LogP contribution in [0.4, 0.5) is 8.78 Å². The van der Waals surface area contributed by atoms with Crippen LogP contribution in [0.25, 0.3) is 0 Å². The highest BCUT2D eigenvalue weighted by atomic mass is 35.5. The van der Waals surface area contributed by atoms with Gasteiger partial charge in [0, 0.05) is 25.0 Å². The molecule has 1 amide bonds. The number of hydrogen-bond acceptors (Lipinski definition) is 2. The Morgan fingerprint density at radius 1 is 1.29 bits per heavy atom. The van der Waals surface area contributed by atoms with Gasteiger partial charge >= 0.3 is 0 Å². The first-order valence-electron chi connectivity index (χ1n) is 7.05. The number of carbonyl (C=O) groups is 1. The van der Waals surface area contributed by atoms with Crippen molar-refractivity contribution >= 4 is 18.3 Å². The number of hydrogen-bond donors (Lipinski definition) is 1. The molecule has 1 aliphatic heterocycles. The zero-order valence-electron chi connectivity index (χ0n) is 11.6. The quantitative estimate of drug-likeness (QED) is 0.911. The molecule has 0 bridgehead atoms. The van der Waals surface area contributed by atoms with Crippen LogP contribution in [0.2, 0.25) is 0 Å². The van der Waals surface area contributed by atoms with Gasteiger partial charge in [0.1, 0.15) is 0 Å². The van der Waals surface area contributed by atoms with E-state index in [1.165, 1.54) is 6.07 Å². The van der Waals surface area contributed by atoms with Crippen molar-refractivity contribution in [2.45, 2.75) is 31.2 Å². The molecule has 2 N–H and O–H groups in total. The Hall–Kier alpha value is -1.20. The van der Waals surface area contributed by atoms with Gasteiger partial charge < -0.3 is 10.6 Å². The molecule has 21 heavy (non-hydrogen) atoms. The number of halogens is 3. The van der Waals surface area contributed by atoms with E-state index in [1.54, 1.807) is 6.07 Å². The summed E-state index contributed by atoms with van der Waals surface area (Å²) in [6.45, 7) is 1.37. The predicted molar refractivity (Wildman–Crippen MR) is 78.2 cm³/mol.